The molecular formula is C17H16ClN5O5. The van der Waals surface area contributed by atoms with Crippen LogP contribution in [-0.4, -0.2) is 29.9 Å². The van der Waals surface area contributed by atoms with E-state index in [1.165, 1.54) is 4.57 Å². The highest BCUT2D eigenvalue weighted by Crippen LogP contribution is 2.40. The molecule has 11 heteroatoms. The average molecular weight is 406 g/mol. The largest absolute Gasteiger partial charge is 0.617 e. The van der Waals surface area contributed by atoms with Gasteiger partial charge < -0.3 is 20.0 Å². The number of aromatic hydroxyl groups is 2. The number of halogens is 1. The van der Waals surface area contributed by atoms with Crippen LogP contribution in [0, 0.1) is 36.1 Å². The van der Waals surface area contributed by atoms with Crippen LogP contribution in [-0.2, 0) is 7.05 Å². The molecule has 2 N–H and O–H groups in total. The second kappa shape index (κ2) is 6.64. The normalized spacial score (nSPS) is 11.0. The second-order valence-corrected chi connectivity index (χ2v) is 6.68. The highest BCUT2D eigenvalue weighted by molar-refractivity contribution is 6.31. The summed E-state index contributed by atoms with van der Waals surface area (Å²) >= 11 is 6.26. The van der Waals surface area contributed by atoms with Gasteiger partial charge in [0.25, 0.3) is 5.15 Å². The molecule has 0 saturated carbocycles. The van der Waals surface area contributed by atoms with Crippen LogP contribution in [0.25, 0.3) is 22.8 Å². The van der Waals surface area contributed by atoms with Crippen molar-refractivity contribution in [1.82, 2.24) is 14.8 Å². The molecule has 0 aliphatic carbocycles. The molecule has 3 aromatic rings. The van der Waals surface area contributed by atoms with Crippen molar-refractivity contribution in [2.75, 3.05) is 0 Å². The molecule has 0 atom stereocenters. The SMILES string of the molecule is Cc1c(C)c(C)[n+]([O-])c(Cl)c1-c1nnc(-c2cc(O)c(O)c([N+](=O)[O-])c2)n1C. The van der Waals surface area contributed by atoms with E-state index in [1.807, 2.05) is 0 Å². The zero-order chi connectivity index (χ0) is 20.9. The molecule has 1 aromatic carbocycles. The number of hydrogen-bond acceptors (Lipinski definition) is 7. The highest BCUT2D eigenvalue weighted by atomic mass is 35.5. The molecule has 3 rings (SSSR count). The van der Waals surface area contributed by atoms with Crippen molar-refractivity contribution in [2.45, 2.75) is 20.8 Å². The minimum absolute atomic E-state index is 0.0674. The number of rotatable bonds is 3. The van der Waals surface area contributed by atoms with E-state index in [0.29, 0.717) is 16.0 Å². The monoisotopic (exact) mass is 405 g/mol. The zero-order valence-corrected chi connectivity index (χ0v) is 16.1. The van der Waals surface area contributed by atoms with E-state index in [4.69, 9.17) is 11.6 Å². The molecule has 10 nitrogen and oxygen atoms in total. The summed E-state index contributed by atoms with van der Waals surface area (Å²) in [5.74, 6) is -1.04. The maximum atomic E-state index is 12.3. The van der Waals surface area contributed by atoms with E-state index in [2.05, 4.69) is 10.2 Å². The smallest absolute Gasteiger partial charge is 0.315 e. The van der Waals surface area contributed by atoms with Crippen LogP contribution >= 0.6 is 11.6 Å². The Morgan fingerprint density at radius 2 is 1.75 bits per heavy atom. The first-order valence-electron chi connectivity index (χ1n) is 8.05. The summed E-state index contributed by atoms with van der Waals surface area (Å²) in [5.41, 5.74) is 1.84. The van der Waals surface area contributed by atoms with E-state index >= 15 is 0 Å². The highest BCUT2D eigenvalue weighted by Gasteiger charge is 2.27. The van der Waals surface area contributed by atoms with Crippen molar-refractivity contribution < 1.29 is 19.9 Å². The van der Waals surface area contributed by atoms with E-state index in [-0.39, 0.29) is 22.4 Å². The first-order chi connectivity index (χ1) is 13.1. The average Bonchev–Trinajstić information content (AvgIpc) is 3.02. The quantitative estimate of drug-likeness (QED) is 0.170. The van der Waals surface area contributed by atoms with Gasteiger partial charge in [-0.25, -0.2) is 0 Å². The third-order valence-corrected chi connectivity index (χ3v) is 5.13. The summed E-state index contributed by atoms with van der Waals surface area (Å²) in [7, 11) is 1.60. The van der Waals surface area contributed by atoms with Gasteiger partial charge in [0, 0.05) is 31.2 Å². The maximum absolute atomic E-state index is 12.3. The minimum atomic E-state index is -0.836. The van der Waals surface area contributed by atoms with Crippen molar-refractivity contribution in [2.24, 2.45) is 7.05 Å². The Bertz CT molecular complexity index is 1110. The molecule has 0 unspecified atom stereocenters. The molecule has 0 spiro atoms. The van der Waals surface area contributed by atoms with Crippen LogP contribution in [0.5, 0.6) is 11.5 Å². The maximum Gasteiger partial charge on any atom is 0.315 e. The van der Waals surface area contributed by atoms with Crippen molar-refractivity contribution in [3.05, 3.63) is 49.4 Å². The molecule has 0 radical (unpaired) electrons. The summed E-state index contributed by atoms with van der Waals surface area (Å²) in [6.07, 6.45) is 0. The number of phenolic OH excluding ortho intramolecular Hbond substituents is 2. The number of pyridine rings is 1. The zero-order valence-electron chi connectivity index (χ0n) is 15.4. The van der Waals surface area contributed by atoms with Gasteiger partial charge >= 0.3 is 5.69 Å². The van der Waals surface area contributed by atoms with Crippen LogP contribution in [0.4, 0.5) is 5.69 Å². The Balaban J connectivity index is 2.25. The van der Waals surface area contributed by atoms with Gasteiger partial charge in [-0.15, -0.1) is 10.2 Å². The Morgan fingerprint density at radius 3 is 2.36 bits per heavy atom. The molecule has 0 bridgehead atoms. The van der Waals surface area contributed by atoms with Gasteiger partial charge in [-0.05, 0) is 37.1 Å². The molecule has 28 heavy (non-hydrogen) atoms. The number of aromatic nitrogens is 4. The molecule has 2 heterocycles. The minimum Gasteiger partial charge on any atom is -0.617 e. The van der Waals surface area contributed by atoms with Gasteiger partial charge in [-0.3, -0.25) is 10.1 Å². The number of nitro groups is 1. The van der Waals surface area contributed by atoms with Gasteiger partial charge in [0.2, 0.25) is 5.75 Å². The van der Waals surface area contributed by atoms with Gasteiger partial charge in [-0.2, -0.15) is 4.73 Å². The van der Waals surface area contributed by atoms with Crippen LogP contribution in [0.1, 0.15) is 16.8 Å². The van der Waals surface area contributed by atoms with Crippen LogP contribution < -0.4 is 4.73 Å². The lowest BCUT2D eigenvalue weighted by molar-refractivity contribution is -0.609. The lowest BCUT2D eigenvalue weighted by Gasteiger charge is -2.13. The first-order valence-corrected chi connectivity index (χ1v) is 8.43. The Hall–Kier alpha value is -3.40. The van der Waals surface area contributed by atoms with Gasteiger partial charge in [-0.1, -0.05) is 0 Å². The molecule has 0 saturated heterocycles. The third-order valence-electron chi connectivity index (χ3n) is 4.79. The van der Waals surface area contributed by atoms with Gasteiger partial charge in [0.1, 0.15) is 5.56 Å². The molecule has 0 fully saturated rings. The molecule has 0 aliphatic heterocycles. The van der Waals surface area contributed by atoms with Crippen LogP contribution in [0.3, 0.4) is 0 Å². The first kappa shape index (κ1) is 19.4. The number of hydrogen-bond donors (Lipinski definition) is 2. The van der Waals surface area contributed by atoms with Crippen LogP contribution in [0.2, 0.25) is 5.15 Å². The van der Waals surface area contributed by atoms with Crippen molar-refractivity contribution in [3.63, 3.8) is 0 Å². The summed E-state index contributed by atoms with van der Waals surface area (Å²) in [4.78, 5) is 10.3. The molecule has 0 aliphatic rings. The Morgan fingerprint density at radius 1 is 1.14 bits per heavy atom. The number of nitro benzene ring substituents is 1. The summed E-state index contributed by atoms with van der Waals surface area (Å²) in [6.45, 7) is 5.25. The van der Waals surface area contributed by atoms with Gasteiger partial charge in [0.05, 0.1) is 4.92 Å². The molecule has 2 aromatic heterocycles. The second-order valence-electron chi connectivity index (χ2n) is 6.32. The van der Waals surface area contributed by atoms with Crippen molar-refractivity contribution in [3.8, 4) is 34.3 Å². The Labute approximate surface area is 164 Å². The van der Waals surface area contributed by atoms with E-state index in [1.54, 1.807) is 27.8 Å². The predicted molar refractivity (Wildman–Crippen MR) is 100 cm³/mol. The van der Waals surface area contributed by atoms with E-state index in [9.17, 15) is 25.5 Å². The summed E-state index contributed by atoms with van der Waals surface area (Å²) < 4.78 is 2.10. The number of nitrogens with zero attached hydrogens (tertiary/aromatic N) is 5. The van der Waals surface area contributed by atoms with Crippen molar-refractivity contribution in [1.29, 1.82) is 0 Å². The topological polar surface area (TPSA) is 141 Å². The summed E-state index contributed by atoms with van der Waals surface area (Å²) in [5, 5.41) is 50.9. The predicted octanol–water partition coefficient (Wildman–Crippen LogP) is 2.68. The Kier molecular flexibility index (Phi) is 4.59. The van der Waals surface area contributed by atoms with Gasteiger partial charge in [0.15, 0.2) is 23.1 Å². The number of phenols is 2. The fourth-order valence-corrected chi connectivity index (χ4v) is 3.30. The van der Waals surface area contributed by atoms with Crippen LogP contribution in [0.15, 0.2) is 12.1 Å². The molecular weight excluding hydrogens is 390 g/mol. The fourth-order valence-electron chi connectivity index (χ4n) is 2.95. The number of benzene rings is 1. The van der Waals surface area contributed by atoms with Crippen molar-refractivity contribution >= 4 is 17.3 Å². The van der Waals surface area contributed by atoms with E-state index in [0.717, 1.165) is 23.3 Å². The molecule has 0 amide bonds. The fraction of sp³-hybridized carbons (Fsp3) is 0.235. The molecule has 146 valence electrons. The lowest BCUT2D eigenvalue weighted by Crippen LogP contribution is -2.34. The van der Waals surface area contributed by atoms with E-state index < -0.39 is 22.1 Å². The third kappa shape index (κ3) is 2.78. The summed E-state index contributed by atoms with van der Waals surface area (Å²) in [6, 6.07) is 2.21. The lowest BCUT2D eigenvalue weighted by atomic mass is 10.0. The standard InChI is InChI=1S/C17H16ClN5O5/c1-7-8(2)13(15(18)22(26)9(7)3)17-20-19-16(21(17)4)10-5-11(23(27)28)14(25)12(24)6-10/h5-6,24-25H,1-4H3.